The number of nitrogens with one attached hydrogen (secondary N) is 1. The fraction of sp³-hybridized carbons (Fsp3) is 0. The summed E-state index contributed by atoms with van der Waals surface area (Å²) in [7, 11) is 0. The molecule has 30 heavy (non-hydrogen) atoms. The third-order valence-electron chi connectivity index (χ3n) is 4.30. The zero-order valence-corrected chi connectivity index (χ0v) is 18.1. The first-order valence-corrected chi connectivity index (χ1v) is 10.1. The maximum atomic E-state index is 12.9. The van der Waals surface area contributed by atoms with Crippen LogP contribution in [0.4, 0.5) is 10.5 Å². The highest BCUT2D eigenvalue weighted by atomic mass is 79.9. The Labute approximate surface area is 189 Å². The lowest BCUT2D eigenvalue weighted by molar-refractivity contribution is -0.122. The van der Waals surface area contributed by atoms with E-state index in [0.29, 0.717) is 27.1 Å². The molecule has 0 aliphatic carbocycles. The Balaban J connectivity index is 1.68. The van der Waals surface area contributed by atoms with Crippen LogP contribution in [-0.4, -0.2) is 17.8 Å². The van der Waals surface area contributed by atoms with Gasteiger partial charge in [-0.2, -0.15) is 0 Å². The van der Waals surface area contributed by atoms with E-state index >= 15 is 0 Å². The van der Waals surface area contributed by atoms with E-state index in [0.717, 1.165) is 9.37 Å². The molecular weight excluding hydrogens is 495 g/mol. The van der Waals surface area contributed by atoms with Crippen molar-refractivity contribution in [2.75, 3.05) is 4.90 Å². The Bertz CT molecular complexity index is 1220. The Hall–Kier alpha value is -2.87. The molecule has 2 heterocycles. The summed E-state index contributed by atoms with van der Waals surface area (Å²) in [6, 6.07) is 13.9. The molecule has 1 aliphatic rings. The van der Waals surface area contributed by atoms with Crippen LogP contribution in [0.5, 0.6) is 0 Å². The normalized spacial score (nSPS) is 15.6. The fourth-order valence-corrected chi connectivity index (χ4v) is 3.65. The Kier molecular flexibility index (Phi) is 5.51. The van der Waals surface area contributed by atoms with Crippen molar-refractivity contribution in [2.24, 2.45) is 0 Å². The van der Waals surface area contributed by atoms with Crippen LogP contribution in [0.3, 0.4) is 0 Å². The smallest absolute Gasteiger partial charge is 0.335 e. The van der Waals surface area contributed by atoms with Gasteiger partial charge in [0.25, 0.3) is 11.8 Å². The number of carbonyl (C=O) groups excluding carboxylic acids is 3. The summed E-state index contributed by atoms with van der Waals surface area (Å²) in [6.45, 7) is 0. The van der Waals surface area contributed by atoms with E-state index in [4.69, 9.17) is 27.6 Å². The molecule has 0 unspecified atom stereocenters. The van der Waals surface area contributed by atoms with Crippen molar-refractivity contribution in [2.45, 2.75) is 0 Å². The second kappa shape index (κ2) is 8.10. The molecule has 4 amide bonds. The fourth-order valence-electron chi connectivity index (χ4n) is 2.89. The topological polar surface area (TPSA) is 79.6 Å². The van der Waals surface area contributed by atoms with Crippen LogP contribution < -0.4 is 10.2 Å². The number of urea groups is 1. The standard InChI is InChI=1S/C21H11BrCl2N2O4/c22-11-1-4-13(5-2-11)26-20(28)16(19(27)25-21(26)29)10-14-6-8-18(30-14)15-7-3-12(23)9-17(15)24/h1-10H,(H,25,27,29)/b16-10+. The minimum Gasteiger partial charge on any atom is -0.457 e. The van der Waals surface area contributed by atoms with Gasteiger partial charge in [0.15, 0.2) is 0 Å². The summed E-state index contributed by atoms with van der Waals surface area (Å²) < 4.78 is 6.51. The van der Waals surface area contributed by atoms with E-state index in [1.807, 2.05) is 0 Å². The second-order valence-corrected chi connectivity index (χ2v) is 8.02. The average Bonchev–Trinajstić information content (AvgIpc) is 3.15. The molecule has 0 spiro atoms. The highest BCUT2D eigenvalue weighted by Gasteiger charge is 2.37. The number of hydrogen-bond donors (Lipinski definition) is 1. The highest BCUT2D eigenvalue weighted by Crippen LogP contribution is 2.32. The van der Waals surface area contributed by atoms with Gasteiger partial charge in [-0.05, 0) is 60.7 Å². The summed E-state index contributed by atoms with van der Waals surface area (Å²) in [5.74, 6) is -0.873. The summed E-state index contributed by atoms with van der Waals surface area (Å²) >= 11 is 15.4. The molecule has 1 aliphatic heterocycles. The number of nitrogens with zero attached hydrogens (tertiary/aromatic N) is 1. The number of rotatable bonds is 3. The summed E-state index contributed by atoms with van der Waals surface area (Å²) in [4.78, 5) is 38.3. The first-order chi connectivity index (χ1) is 14.3. The van der Waals surface area contributed by atoms with Gasteiger partial charge < -0.3 is 4.42 Å². The molecule has 9 heteroatoms. The molecule has 6 nitrogen and oxygen atoms in total. The van der Waals surface area contributed by atoms with E-state index < -0.39 is 17.8 Å². The lowest BCUT2D eigenvalue weighted by atomic mass is 10.1. The number of hydrogen-bond acceptors (Lipinski definition) is 4. The predicted molar refractivity (Wildman–Crippen MR) is 117 cm³/mol. The van der Waals surface area contributed by atoms with Crippen LogP contribution in [0.2, 0.25) is 10.0 Å². The van der Waals surface area contributed by atoms with Crippen molar-refractivity contribution < 1.29 is 18.8 Å². The van der Waals surface area contributed by atoms with E-state index in [1.54, 1.807) is 54.6 Å². The van der Waals surface area contributed by atoms with Gasteiger partial charge in [-0.3, -0.25) is 14.9 Å². The van der Waals surface area contributed by atoms with E-state index in [-0.39, 0.29) is 11.3 Å². The number of barbiturate groups is 1. The van der Waals surface area contributed by atoms with Gasteiger partial charge in [0.1, 0.15) is 17.1 Å². The second-order valence-electron chi connectivity index (χ2n) is 6.26. The molecule has 0 saturated carbocycles. The molecule has 0 radical (unpaired) electrons. The van der Waals surface area contributed by atoms with E-state index in [1.165, 1.54) is 6.08 Å². The van der Waals surface area contributed by atoms with Crippen LogP contribution in [0.15, 0.2) is 69.1 Å². The Morgan fingerprint density at radius 3 is 2.40 bits per heavy atom. The summed E-state index contributed by atoms with van der Waals surface area (Å²) in [6.07, 6.45) is 1.28. The zero-order chi connectivity index (χ0) is 21.4. The van der Waals surface area contributed by atoms with Gasteiger partial charge in [-0.15, -0.1) is 0 Å². The van der Waals surface area contributed by atoms with Gasteiger partial charge in [0.05, 0.1) is 10.7 Å². The molecule has 0 atom stereocenters. The molecular formula is C21H11BrCl2N2O4. The monoisotopic (exact) mass is 504 g/mol. The third kappa shape index (κ3) is 3.92. The van der Waals surface area contributed by atoms with Gasteiger partial charge in [-0.25, -0.2) is 9.69 Å². The number of carbonyl (C=O) groups is 3. The van der Waals surface area contributed by atoms with Crippen LogP contribution in [0, 0.1) is 0 Å². The lowest BCUT2D eigenvalue weighted by Crippen LogP contribution is -2.54. The van der Waals surface area contributed by atoms with Gasteiger partial charge in [-0.1, -0.05) is 39.1 Å². The third-order valence-corrected chi connectivity index (χ3v) is 5.37. The molecule has 1 saturated heterocycles. The SMILES string of the molecule is O=C1NC(=O)N(c2ccc(Br)cc2)C(=O)/C1=C/c1ccc(-c2ccc(Cl)cc2Cl)o1. The van der Waals surface area contributed by atoms with Gasteiger partial charge in [0, 0.05) is 15.1 Å². The van der Waals surface area contributed by atoms with Crippen molar-refractivity contribution in [3.05, 3.63) is 80.4 Å². The van der Waals surface area contributed by atoms with Crippen molar-refractivity contribution in [1.29, 1.82) is 0 Å². The molecule has 150 valence electrons. The minimum absolute atomic E-state index is 0.236. The summed E-state index contributed by atoms with van der Waals surface area (Å²) in [5.41, 5.74) is 0.699. The number of halogens is 3. The van der Waals surface area contributed by atoms with Crippen molar-refractivity contribution >= 4 is 68.7 Å². The van der Waals surface area contributed by atoms with Crippen LogP contribution >= 0.6 is 39.1 Å². The number of anilines is 1. The molecule has 0 bridgehead atoms. The predicted octanol–water partition coefficient (Wildman–Crippen LogP) is 5.68. The maximum Gasteiger partial charge on any atom is 0.335 e. The van der Waals surface area contributed by atoms with Crippen LogP contribution in [0.1, 0.15) is 5.76 Å². The largest absolute Gasteiger partial charge is 0.457 e. The number of benzene rings is 2. The average molecular weight is 506 g/mol. The zero-order valence-electron chi connectivity index (χ0n) is 15.0. The molecule has 2 aromatic carbocycles. The quantitative estimate of drug-likeness (QED) is 0.366. The first-order valence-electron chi connectivity index (χ1n) is 8.56. The van der Waals surface area contributed by atoms with Crippen molar-refractivity contribution in [3.8, 4) is 11.3 Å². The molecule has 1 N–H and O–H groups in total. The number of imide groups is 2. The Morgan fingerprint density at radius 2 is 1.70 bits per heavy atom. The number of amides is 4. The summed E-state index contributed by atoms with van der Waals surface area (Å²) in [5, 5.41) is 3.05. The van der Waals surface area contributed by atoms with Crippen molar-refractivity contribution in [3.63, 3.8) is 0 Å². The maximum absolute atomic E-state index is 12.9. The van der Waals surface area contributed by atoms with Crippen molar-refractivity contribution in [1.82, 2.24) is 5.32 Å². The molecule has 1 fully saturated rings. The van der Waals surface area contributed by atoms with Crippen LogP contribution in [0.25, 0.3) is 17.4 Å². The molecule has 1 aromatic heterocycles. The minimum atomic E-state index is -0.822. The first kappa shape index (κ1) is 20.4. The van der Waals surface area contributed by atoms with E-state index in [9.17, 15) is 14.4 Å². The Morgan fingerprint density at radius 1 is 0.967 bits per heavy atom. The molecule has 3 aromatic rings. The lowest BCUT2D eigenvalue weighted by Gasteiger charge is -2.26. The van der Waals surface area contributed by atoms with Gasteiger partial charge in [0.2, 0.25) is 0 Å². The molecule has 4 rings (SSSR count). The highest BCUT2D eigenvalue weighted by molar-refractivity contribution is 9.10. The van der Waals surface area contributed by atoms with Crippen LogP contribution in [-0.2, 0) is 9.59 Å². The van der Waals surface area contributed by atoms with E-state index in [2.05, 4.69) is 21.2 Å². The number of furan rings is 1. The van der Waals surface area contributed by atoms with Gasteiger partial charge >= 0.3 is 6.03 Å².